The minimum atomic E-state index is -1.32. The minimum Gasteiger partial charge on any atom is -0.481 e. The third-order valence-electron chi connectivity index (χ3n) is 13.3. The lowest BCUT2D eigenvalue weighted by molar-refractivity contribution is -0.287. The SMILES string of the molecule is C=C1CCC2(C(=O)O)CCC3(C)C(=CCC4C5(C)C(O)C(O)C(O)C(C)(CO)C5CCC43C)C2C1C. The van der Waals surface area contributed by atoms with Gasteiger partial charge in [-0.3, -0.25) is 4.79 Å². The molecule has 12 atom stereocenters. The van der Waals surface area contributed by atoms with Gasteiger partial charge in [0.15, 0.2) is 0 Å². The van der Waals surface area contributed by atoms with Crippen molar-refractivity contribution in [1.82, 2.24) is 0 Å². The normalized spacial score (nSPS) is 56.5. The van der Waals surface area contributed by atoms with Crippen molar-refractivity contribution in [3.05, 3.63) is 23.8 Å². The topological polar surface area (TPSA) is 118 Å². The van der Waals surface area contributed by atoms with E-state index < -0.39 is 40.5 Å². The molecule has 202 valence electrons. The Labute approximate surface area is 215 Å². The smallest absolute Gasteiger partial charge is 0.310 e. The van der Waals surface area contributed by atoms with E-state index in [1.165, 1.54) is 5.57 Å². The molecule has 0 amide bonds. The van der Waals surface area contributed by atoms with Crippen molar-refractivity contribution in [2.45, 2.75) is 97.9 Å². The summed E-state index contributed by atoms with van der Waals surface area (Å²) >= 11 is 0. The van der Waals surface area contributed by atoms with Crippen LogP contribution in [0.15, 0.2) is 23.8 Å². The van der Waals surface area contributed by atoms with Crippen molar-refractivity contribution in [3.8, 4) is 0 Å². The number of allylic oxidation sites excluding steroid dienone is 3. The lowest BCUT2D eigenvalue weighted by Crippen LogP contribution is -2.73. The quantitative estimate of drug-likeness (QED) is 0.365. The van der Waals surface area contributed by atoms with Gasteiger partial charge in [-0.2, -0.15) is 0 Å². The van der Waals surface area contributed by atoms with Crippen LogP contribution >= 0.6 is 0 Å². The Balaban J connectivity index is 1.66. The summed E-state index contributed by atoms with van der Waals surface area (Å²) in [6.07, 6.45) is 3.81. The summed E-state index contributed by atoms with van der Waals surface area (Å²) in [7, 11) is 0. The van der Waals surface area contributed by atoms with E-state index in [9.17, 15) is 30.3 Å². The van der Waals surface area contributed by atoms with Crippen LogP contribution in [0.2, 0.25) is 0 Å². The van der Waals surface area contributed by atoms with Gasteiger partial charge in [0.05, 0.1) is 24.2 Å². The van der Waals surface area contributed by atoms with Crippen molar-refractivity contribution < 1.29 is 30.3 Å². The van der Waals surface area contributed by atoms with Crippen LogP contribution in [0, 0.1) is 50.7 Å². The van der Waals surface area contributed by atoms with E-state index in [1.54, 1.807) is 0 Å². The maximum atomic E-state index is 12.8. The number of carboxylic acids is 1. The summed E-state index contributed by atoms with van der Waals surface area (Å²) in [5.74, 6) is -0.779. The average molecular weight is 503 g/mol. The number of aliphatic hydroxyl groups is 4. The molecule has 0 aromatic carbocycles. The van der Waals surface area contributed by atoms with Crippen molar-refractivity contribution in [3.63, 3.8) is 0 Å². The maximum absolute atomic E-state index is 12.8. The molecule has 0 radical (unpaired) electrons. The van der Waals surface area contributed by atoms with Crippen LogP contribution in [0.5, 0.6) is 0 Å². The van der Waals surface area contributed by atoms with E-state index >= 15 is 0 Å². The van der Waals surface area contributed by atoms with Gasteiger partial charge >= 0.3 is 5.97 Å². The Hall–Kier alpha value is -1.21. The van der Waals surface area contributed by atoms with Gasteiger partial charge in [-0.15, -0.1) is 0 Å². The van der Waals surface area contributed by atoms with Gasteiger partial charge in [-0.25, -0.2) is 0 Å². The van der Waals surface area contributed by atoms with E-state index in [0.717, 1.165) is 31.3 Å². The largest absolute Gasteiger partial charge is 0.481 e. The van der Waals surface area contributed by atoms with E-state index in [0.29, 0.717) is 19.3 Å². The van der Waals surface area contributed by atoms with Crippen LogP contribution in [0.1, 0.15) is 79.6 Å². The first-order valence-electron chi connectivity index (χ1n) is 13.9. The predicted molar refractivity (Wildman–Crippen MR) is 137 cm³/mol. The molecule has 0 aromatic heterocycles. The van der Waals surface area contributed by atoms with Crippen LogP contribution in [0.4, 0.5) is 0 Å². The van der Waals surface area contributed by atoms with Crippen LogP contribution < -0.4 is 0 Å². The van der Waals surface area contributed by atoms with Crippen LogP contribution in [0.3, 0.4) is 0 Å². The summed E-state index contributed by atoms with van der Waals surface area (Å²) in [5.41, 5.74) is -0.404. The molecule has 5 N–H and O–H groups in total. The van der Waals surface area contributed by atoms with Crippen LogP contribution in [-0.4, -0.2) is 56.4 Å². The second-order valence-corrected chi connectivity index (χ2v) is 14.1. The number of aliphatic carboxylic acids is 1. The zero-order valence-corrected chi connectivity index (χ0v) is 22.6. The van der Waals surface area contributed by atoms with Crippen LogP contribution in [-0.2, 0) is 4.79 Å². The van der Waals surface area contributed by atoms with Gasteiger partial charge in [0, 0.05) is 16.7 Å². The van der Waals surface area contributed by atoms with E-state index in [2.05, 4.69) is 40.3 Å². The fourth-order valence-corrected chi connectivity index (χ4v) is 10.7. The molecule has 0 heterocycles. The minimum absolute atomic E-state index is 0.0277. The second kappa shape index (κ2) is 7.91. The third-order valence-corrected chi connectivity index (χ3v) is 13.3. The zero-order chi connectivity index (χ0) is 26.6. The van der Waals surface area contributed by atoms with Gasteiger partial charge in [0.25, 0.3) is 0 Å². The summed E-state index contributed by atoms with van der Waals surface area (Å²) in [6, 6.07) is 0. The molecule has 5 aliphatic carbocycles. The van der Waals surface area contributed by atoms with Gasteiger partial charge in [-0.05, 0) is 73.5 Å². The zero-order valence-electron chi connectivity index (χ0n) is 22.6. The Kier molecular flexibility index (Phi) is 5.80. The standard InChI is InChI=1S/C30H46O6/c1-16-9-12-30(25(35)36)14-13-27(4)18(21(30)17(16)2)7-8-20-28(27,5)11-10-19-26(3,15-31)23(33)22(32)24(34)29(19,20)6/h7,17,19-24,31-34H,1,8-15H2,2-6H3,(H,35,36). The number of hydrogen-bond acceptors (Lipinski definition) is 5. The lowest BCUT2D eigenvalue weighted by Gasteiger charge is -2.72. The van der Waals surface area contributed by atoms with Crippen molar-refractivity contribution in [2.24, 2.45) is 50.7 Å². The first-order valence-corrected chi connectivity index (χ1v) is 13.9. The fraction of sp³-hybridized carbons (Fsp3) is 0.833. The Morgan fingerprint density at radius 2 is 1.69 bits per heavy atom. The monoisotopic (exact) mass is 502 g/mol. The number of hydrogen-bond donors (Lipinski definition) is 5. The van der Waals surface area contributed by atoms with Gasteiger partial charge in [0.1, 0.15) is 6.10 Å². The number of rotatable bonds is 2. The molecule has 6 nitrogen and oxygen atoms in total. The highest BCUT2D eigenvalue weighted by Gasteiger charge is 2.72. The summed E-state index contributed by atoms with van der Waals surface area (Å²) in [4.78, 5) is 12.8. The molecule has 0 saturated heterocycles. The molecule has 12 unspecified atom stereocenters. The molecule has 5 aliphatic rings. The Morgan fingerprint density at radius 3 is 2.31 bits per heavy atom. The third kappa shape index (κ3) is 2.80. The molecule has 0 spiro atoms. The highest BCUT2D eigenvalue weighted by molar-refractivity contribution is 5.77. The molecule has 0 bridgehead atoms. The van der Waals surface area contributed by atoms with Gasteiger partial charge < -0.3 is 25.5 Å². The molecule has 6 heteroatoms. The van der Waals surface area contributed by atoms with Crippen molar-refractivity contribution in [1.29, 1.82) is 0 Å². The maximum Gasteiger partial charge on any atom is 0.310 e. The van der Waals surface area contributed by atoms with E-state index in [1.807, 2.05) is 6.92 Å². The molecule has 4 fully saturated rings. The first kappa shape index (κ1) is 26.4. The number of aliphatic hydroxyl groups excluding tert-OH is 4. The molecule has 4 saturated carbocycles. The predicted octanol–water partition coefficient (Wildman–Crippen LogP) is 3.92. The molecule has 0 aliphatic heterocycles. The Morgan fingerprint density at radius 1 is 1.03 bits per heavy atom. The second-order valence-electron chi connectivity index (χ2n) is 14.1. The first-order chi connectivity index (χ1) is 16.7. The lowest BCUT2D eigenvalue weighted by atomic mass is 9.33. The molecule has 0 aromatic rings. The van der Waals surface area contributed by atoms with E-state index in [4.69, 9.17) is 0 Å². The molecule has 5 rings (SSSR count). The fourth-order valence-electron chi connectivity index (χ4n) is 10.7. The molecule has 36 heavy (non-hydrogen) atoms. The van der Waals surface area contributed by atoms with Crippen molar-refractivity contribution >= 4 is 5.97 Å². The number of carbonyl (C=O) groups is 1. The molecular weight excluding hydrogens is 456 g/mol. The summed E-state index contributed by atoms with van der Waals surface area (Å²) in [5, 5.41) is 54.4. The van der Waals surface area contributed by atoms with Crippen LogP contribution in [0.25, 0.3) is 0 Å². The number of carboxylic acid groups (broad SMARTS) is 1. The summed E-state index contributed by atoms with van der Waals surface area (Å²) < 4.78 is 0. The van der Waals surface area contributed by atoms with Gasteiger partial charge in [-0.1, -0.05) is 58.4 Å². The number of fused-ring (bicyclic) bond motifs is 7. The highest BCUT2D eigenvalue weighted by Crippen LogP contribution is 2.75. The molecular formula is C30H46O6. The highest BCUT2D eigenvalue weighted by atomic mass is 16.4. The van der Waals surface area contributed by atoms with E-state index in [-0.39, 0.29) is 41.1 Å². The van der Waals surface area contributed by atoms with Crippen molar-refractivity contribution in [2.75, 3.05) is 6.61 Å². The summed E-state index contributed by atoms with van der Waals surface area (Å²) in [6.45, 7) is 14.8. The average Bonchev–Trinajstić information content (AvgIpc) is 2.84. The van der Waals surface area contributed by atoms with Gasteiger partial charge in [0.2, 0.25) is 0 Å². The Bertz CT molecular complexity index is 1010.